The average molecular weight is 325 g/mol. The van der Waals surface area contributed by atoms with Gasteiger partial charge in [0.15, 0.2) is 0 Å². The number of hydrogen-bond acceptors (Lipinski definition) is 4. The van der Waals surface area contributed by atoms with Crippen LogP contribution in [0.15, 0.2) is 18.2 Å². The van der Waals surface area contributed by atoms with Gasteiger partial charge in [-0.05, 0) is 56.6 Å². The zero-order valence-corrected chi connectivity index (χ0v) is 13.9. The molecule has 0 saturated heterocycles. The Morgan fingerprint density at radius 1 is 1.32 bits per heavy atom. The van der Waals surface area contributed by atoms with Crippen LogP contribution in [0.4, 0.5) is 5.69 Å². The predicted molar refractivity (Wildman–Crippen MR) is 87.8 cm³/mol. The third-order valence-electron chi connectivity index (χ3n) is 3.71. The fourth-order valence-electron chi connectivity index (χ4n) is 2.62. The maximum atomic E-state index is 12.1. The normalized spacial score (nSPS) is 14.5. The van der Waals surface area contributed by atoms with Crippen LogP contribution in [0.2, 0.25) is 0 Å². The molecule has 7 heteroatoms. The second-order valence-corrected chi connectivity index (χ2v) is 7.40. The van der Waals surface area contributed by atoms with E-state index in [1.807, 2.05) is 7.05 Å². The molecule has 0 bridgehead atoms. The summed E-state index contributed by atoms with van der Waals surface area (Å²) >= 11 is 0. The first kappa shape index (κ1) is 16.8. The van der Waals surface area contributed by atoms with Crippen LogP contribution in [0.25, 0.3) is 0 Å². The van der Waals surface area contributed by atoms with E-state index in [9.17, 15) is 13.2 Å². The highest BCUT2D eigenvalue weighted by atomic mass is 32.2. The molecule has 6 nitrogen and oxygen atoms in total. The summed E-state index contributed by atoms with van der Waals surface area (Å²) in [6.07, 6.45) is 3.65. The van der Waals surface area contributed by atoms with Crippen LogP contribution >= 0.6 is 0 Å². The zero-order valence-electron chi connectivity index (χ0n) is 13.1. The number of hydrogen-bond donors (Lipinski definition) is 2. The number of rotatable bonds is 6. The van der Waals surface area contributed by atoms with E-state index in [1.54, 1.807) is 18.2 Å². The first-order valence-electron chi connectivity index (χ1n) is 7.47. The molecule has 1 heterocycles. The summed E-state index contributed by atoms with van der Waals surface area (Å²) in [6, 6.07) is 5.23. The molecule has 0 fully saturated rings. The predicted octanol–water partition coefficient (Wildman–Crippen LogP) is 0.738. The van der Waals surface area contributed by atoms with Gasteiger partial charge in [-0.15, -0.1) is 0 Å². The lowest BCUT2D eigenvalue weighted by Crippen LogP contribution is -2.34. The summed E-state index contributed by atoms with van der Waals surface area (Å²) < 4.78 is 25.0. The Bertz CT molecular complexity index is 643. The summed E-state index contributed by atoms with van der Waals surface area (Å²) in [7, 11) is -1.39. The highest BCUT2D eigenvalue weighted by Crippen LogP contribution is 2.29. The van der Waals surface area contributed by atoms with E-state index in [2.05, 4.69) is 10.6 Å². The number of aryl methyl sites for hydroxylation is 1. The van der Waals surface area contributed by atoms with Crippen molar-refractivity contribution >= 4 is 21.6 Å². The van der Waals surface area contributed by atoms with Gasteiger partial charge in [0.2, 0.25) is 10.0 Å². The number of benzene rings is 1. The van der Waals surface area contributed by atoms with Crippen molar-refractivity contribution in [2.45, 2.75) is 19.3 Å². The van der Waals surface area contributed by atoms with Gasteiger partial charge >= 0.3 is 0 Å². The number of sulfonamides is 1. The maximum Gasteiger partial charge on any atom is 0.251 e. The molecule has 1 amide bonds. The standard InChI is InChI=1S/C15H23N3O3S/c1-16-8-4-9-17-15(19)13-6-7-14-12(11-13)5-3-10-18(14)22(2,20)21/h6-7,11,16H,3-5,8-10H2,1-2H3,(H,17,19). The number of fused-ring (bicyclic) bond motifs is 1. The maximum absolute atomic E-state index is 12.1. The van der Waals surface area contributed by atoms with E-state index in [4.69, 9.17) is 0 Å². The van der Waals surface area contributed by atoms with E-state index in [0.717, 1.165) is 31.4 Å². The molecular formula is C15H23N3O3S. The Balaban J connectivity index is 2.13. The summed E-state index contributed by atoms with van der Waals surface area (Å²) in [4.78, 5) is 12.1. The fourth-order valence-corrected chi connectivity index (χ4v) is 3.61. The fraction of sp³-hybridized carbons (Fsp3) is 0.533. The smallest absolute Gasteiger partial charge is 0.251 e. The number of amides is 1. The number of nitrogens with zero attached hydrogens (tertiary/aromatic N) is 1. The van der Waals surface area contributed by atoms with Gasteiger partial charge in [-0.2, -0.15) is 0 Å². The van der Waals surface area contributed by atoms with Crippen molar-refractivity contribution < 1.29 is 13.2 Å². The Hall–Kier alpha value is -1.60. The van der Waals surface area contributed by atoms with Crippen molar-refractivity contribution in [3.63, 3.8) is 0 Å². The lowest BCUT2D eigenvalue weighted by molar-refractivity contribution is 0.0953. The lowest BCUT2D eigenvalue weighted by Gasteiger charge is -2.29. The molecule has 1 aliphatic heterocycles. The number of nitrogens with one attached hydrogen (secondary N) is 2. The highest BCUT2D eigenvalue weighted by Gasteiger charge is 2.24. The monoisotopic (exact) mass is 325 g/mol. The van der Waals surface area contributed by atoms with E-state index in [-0.39, 0.29) is 5.91 Å². The van der Waals surface area contributed by atoms with Crippen molar-refractivity contribution in [2.24, 2.45) is 0 Å². The minimum Gasteiger partial charge on any atom is -0.352 e. The molecule has 122 valence electrons. The van der Waals surface area contributed by atoms with Crippen LogP contribution < -0.4 is 14.9 Å². The molecule has 0 aliphatic carbocycles. The summed E-state index contributed by atoms with van der Waals surface area (Å²) in [5, 5.41) is 5.90. The van der Waals surface area contributed by atoms with Gasteiger partial charge in [-0.1, -0.05) is 0 Å². The quantitative estimate of drug-likeness (QED) is 0.756. The third kappa shape index (κ3) is 3.98. The largest absolute Gasteiger partial charge is 0.352 e. The molecule has 0 unspecified atom stereocenters. The topological polar surface area (TPSA) is 78.5 Å². The van der Waals surface area contributed by atoms with Gasteiger partial charge in [0.1, 0.15) is 0 Å². The van der Waals surface area contributed by atoms with Crippen molar-refractivity contribution in [1.29, 1.82) is 0 Å². The van der Waals surface area contributed by atoms with Gasteiger partial charge in [-0.25, -0.2) is 8.42 Å². The SMILES string of the molecule is CNCCCNC(=O)c1ccc2c(c1)CCCN2S(C)(=O)=O. The van der Waals surface area contributed by atoms with Gasteiger partial charge < -0.3 is 10.6 Å². The molecule has 1 aromatic rings. The lowest BCUT2D eigenvalue weighted by atomic mass is 10.0. The molecule has 0 radical (unpaired) electrons. The molecule has 1 aromatic carbocycles. The van der Waals surface area contributed by atoms with E-state index < -0.39 is 10.0 Å². The molecule has 0 aromatic heterocycles. The minimum absolute atomic E-state index is 0.115. The molecular weight excluding hydrogens is 302 g/mol. The Morgan fingerprint density at radius 2 is 2.09 bits per heavy atom. The summed E-state index contributed by atoms with van der Waals surface area (Å²) in [6.45, 7) is 1.97. The van der Waals surface area contributed by atoms with Crippen LogP contribution in [-0.4, -0.2) is 47.3 Å². The van der Waals surface area contributed by atoms with Crippen LogP contribution in [-0.2, 0) is 16.4 Å². The molecule has 1 aliphatic rings. The highest BCUT2D eigenvalue weighted by molar-refractivity contribution is 7.92. The molecule has 0 saturated carbocycles. The second kappa shape index (κ2) is 7.11. The Kier molecular flexibility index (Phi) is 5.42. The number of carbonyl (C=O) groups is 1. The van der Waals surface area contributed by atoms with Gasteiger partial charge in [0, 0.05) is 18.7 Å². The van der Waals surface area contributed by atoms with E-state index in [0.29, 0.717) is 24.3 Å². The third-order valence-corrected chi connectivity index (χ3v) is 4.89. The van der Waals surface area contributed by atoms with Crippen LogP contribution in [0.5, 0.6) is 0 Å². The minimum atomic E-state index is -3.27. The molecule has 2 rings (SSSR count). The van der Waals surface area contributed by atoms with Crippen molar-refractivity contribution in [3.05, 3.63) is 29.3 Å². The van der Waals surface area contributed by atoms with Crippen molar-refractivity contribution in [2.75, 3.05) is 37.2 Å². The van der Waals surface area contributed by atoms with Crippen LogP contribution in [0.1, 0.15) is 28.8 Å². The Morgan fingerprint density at radius 3 is 2.77 bits per heavy atom. The Labute approximate surface area is 131 Å². The van der Waals surface area contributed by atoms with Crippen LogP contribution in [0, 0.1) is 0 Å². The molecule has 0 spiro atoms. The number of carbonyl (C=O) groups excluding carboxylic acids is 1. The van der Waals surface area contributed by atoms with Crippen molar-refractivity contribution in [1.82, 2.24) is 10.6 Å². The van der Waals surface area contributed by atoms with Gasteiger partial charge in [-0.3, -0.25) is 9.10 Å². The average Bonchev–Trinajstić information content (AvgIpc) is 2.49. The number of anilines is 1. The molecule has 22 heavy (non-hydrogen) atoms. The van der Waals surface area contributed by atoms with E-state index >= 15 is 0 Å². The van der Waals surface area contributed by atoms with Gasteiger partial charge in [0.05, 0.1) is 11.9 Å². The van der Waals surface area contributed by atoms with Crippen molar-refractivity contribution in [3.8, 4) is 0 Å². The summed E-state index contributed by atoms with van der Waals surface area (Å²) in [5.41, 5.74) is 2.19. The second-order valence-electron chi connectivity index (χ2n) is 5.50. The van der Waals surface area contributed by atoms with Crippen LogP contribution in [0.3, 0.4) is 0 Å². The van der Waals surface area contributed by atoms with E-state index in [1.165, 1.54) is 10.6 Å². The summed E-state index contributed by atoms with van der Waals surface area (Å²) in [5.74, 6) is -0.115. The first-order valence-corrected chi connectivity index (χ1v) is 9.32. The zero-order chi connectivity index (χ0) is 16.2. The molecule has 0 atom stereocenters. The van der Waals surface area contributed by atoms with Gasteiger partial charge in [0.25, 0.3) is 5.91 Å². The first-order chi connectivity index (χ1) is 10.4. The molecule has 2 N–H and O–H groups in total.